The summed E-state index contributed by atoms with van der Waals surface area (Å²) in [5.74, 6) is 0.999. The van der Waals surface area contributed by atoms with Gasteiger partial charge >= 0.3 is 6.03 Å². The second kappa shape index (κ2) is 11.7. The van der Waals surface area contributed by atoms with Gasteiger partial charge in [0.1, 0.15) is 23.1 Å². The average Bonchev–Trinajstić information content (AvgIpc) is 3.70. The summed E-state index contributed by atoms with van der Waals surface area (Å²) in [5.41, 5.74) is 4.78. The first-order valence-corrected chi connectivity index (χ1v) is 13.8. The number of halogens is 1. The van der Waals surface area contributed by atoms with Gasteiger partial charge in [-0.2, -0.15) is 5.10 Å². The number of carbonyl (C=O) groups is 1. The number of benzene rings is 2. The van der Waals surface area contributed by atoms with Crippen LogP contribution in [-0.2, 0) is 11.2 Å². The lowest BCUT2D eigenvalue weighted by atomic mass is 9.94. The molecule has 2 atom stereocenters. The van der Waals surface area contributed by atoms with Crippen LogP contribution in [-0.4, -0.2) is 71.7 Å². The Morgan fingerprint density at radius 3 is 2.78 bits per heavy atom. The van der Waals surface area contributed by atoms with Crippen molar-refractivity contribution in [3.63, 3.8) is 0 Å². The van der Waals surface area contributed by atoms with E-state index in [-0.39, 0.29) is 23.8 Å². The van der Waals surface area contributed by atoms with Gasteiger partial charge in [0.25, 0.3) is 0 Å². The number of hydrogen-bond acceptors (Lipinski definition) is 6. The maximum absolute atomic E-state index is 14.1. The zero-order chi connectivity index (χ0) is 28.3. The van der Waals surface area contributed by atoms with Gasteiger partial charge in [0, 0.05) is 44.6 Å². The van der Waals surface area contributed by atoms with Crippen LogP contribution in [0.3, 0.4) is 0 Å². The van der Waals surface area contributed by atoms with Crippen LogP contribution in [0, 0.1) is 12.7 Å². The van der Waals surface area contributed by atoms with Crippen LogP contribution in [0.15, 0.2) is 66.7 Å². The number of para-hydroxylation sites is 1. The topological polar surface area (TPSA) is 93.5 Å². The summed E-state index contributed by atoms with van der Waals surface area (Å²) in [6, 6.07) is 19.5. The number of carbonyl (C=O) groups excluding carboxylic acids is 1. The molecule has 2 aromatic heterocycles. The van der Waals surface area contributed by atoms with Gasteiger partial charge in [-0.15, -0.1) is 0 Å². The summed E-state index contributed by atoms with van der Waals surface area (Å²) in [5, 5.41) is 11.1. The predicted molar refractivity (Wildman–Crippen MR) is 154 cm³/mol. The molecule has 6 rings (SSSR count). The third kappa shape index (κ3) is 5.66. The molecular formula is C31H33FN6O3. The lowest BCUT2D eigenvalue weighted by Crippen LogP contribution is -2.42. The van der Waals surface area contributed by atoms with E-state index in [1.807, 2.05) is 55.5 Å². The van der Waals surface area contributed by atoms with Crippen molar-refractivity contribution in [3.8, 4) is 22.8 Å². The number of nitrogens with zero attached hydrogens (tertiary/aromatic N) is 4. The van der Waals surface area contributed by atoms with E-state index in [1.165, 1.54) is 6.07 Å². The highest BCUT2D eigenvalue weighted by Crippen LogP contribution is 2.33. The fourth-order valence-corrected chi connectivity index (χ4v) is 5.65. The fraction of sp³-hybridized carbons (Fsp3) is 0.323. The molecule has 4 aromatic rings. The van der Waals surface area contributed by atoms with Crippen molar-refractivity contribution in [3.05, 3.63) is 89.4 Å². The van der Waals surface area contributed by atoms with Gasteiger partial charge in [-0.3, -0.25) is 10.2 Å². The molecule has 2 aliphatic rings. The smallest absolute Gasteiger partial charge is 0.320 e. The number of aromatic nitrogens is 3. The molecule has 10 heteroatoms. The van der Waals surface area contributed by atoms with Crippen molar-refractivity contribution in [1.82, 2.24) is 25.0 Å². The largest absolute Gasteiger partial charge is 0.491 e. The third-order valence-corrected chi connectivity index (χ3v) is 7.73. The minimum absolute atomic E-state index is 0.0677. The van der Waals surface area contributed by atoms with Crippen LogP contribution in [0.1, 0.15) is 22.7 Å². The summed E-state index contributed by atoms with van der Waals surface area (Å²) >= 11 is 0. The van der Waals surface area contributed by atoms with Gasteiger partial charge in [-0.25, -0.2) is 18.9 Å². The Kier molecular flexibility index (Phi) is 7.67. The quantitative estimate of drug-likeness (QED) is 0.331. The van der Waals surface area contributed by atoms with Crippen LogP contribution in [0.4, 0.5) is 15.0 Å². The van der Waals surface area contributed by atoms with Gasteiger partial charge < -0.3 is 14.8 Å². The van der Waals surface area contributed by atoms with Crippen molar-refractivity contribution in [2.75, 3.05) is 45.3 Å². The number of fused-ring (bicyclic) bond motifs is 1. The Labute approximate surface area is 238 Å². The summed E-state index contributed by atoms with van der Waals surface area (Å²) in [4.78, 5) is 20.6. The number of rotatable bonds is 8. The summed E-state index contributed by atoms with van der Waals surface area (Å²) in [7, 11) is 1.67. The summed E-state index contributed by atoms with van der Waals surface area (Å²) < 4.78 is 26.7. The Morgan fingerprint density at radius 1 is 1.12 bits per heavy atom. The lowest BCUT2D eigenvalue weighted by Gasteiger charge is -2.21. The Balaban J connectivity index is 1.28. The van der Waals surface area contributed by atoms with E-state index in [0.717, 1.165) is 46.9 Å². The van der Waals surface area contributed by atoms with E-state index in [1.54, 1.807) is 23.9 Å². The number of likely N-dealkylation sites (tertiary alicyclic amines) is 1. The van der Waals surface area contributed by atoms with Gasteiger partial charge in [0.2, 0.25) is 0 Å². The van der Waals surface area contributed by atoms with E-state index < -0.39 is 0 Å². The third-order valence-electron chi connectivity index (χ3n) is 7.73. The number of urea groups is 1. The van der Waals surface area contributed by atoms with E-state index in [0.29, 0.717) is 37.8 Å². The summed E-state index contributed by atoms with van der Waals surface area (Å²) in [6.07, 6.45) is 0.754. The molecule has 2 unspecified atom stereocenters. The summed E-state index contributed by atoms with van der Waals surface area (Å²) in [6.45, 7) is 5.18. The van der Waals surface area contributed by atoms with E-state index in [4.69, 9.17) is 19.6 Å². The molecule has 41 heavy (non-hydrogen) atoms. The number of methoxy groups -OCH3 is 1. The number of nitrogens with one attached hydrogen (secondary N) is 2. The second-order valence-electron chi connectivity index (χ2n) is 10.4. The molecule has 9 nitrogen and oxygen atoms in total. The van der Waals surface area contributed by atoms with Crippen molar-refractivity contribution in [2.45, 2.75) is 25.3 Å². The van der Waals surface area contributed by atoms with Crippen molar-refractivity contribution >= 4 is 11.8 Å². The van der Waals surface area contributed by atoms with Crippen LogP contribution in [0.2, 0.25) is 0 Å². The number of pyridine rings is 1. The normalized spacial score (nSPS) is 18.2. The molecule has 4 heterocycles. The Morgan fingerprint density at radius 2 is 1.98 bits per heavy atom. The molecule has 0 radical (unpaired) electrons. The van der Waals surface area contributed by atoms with Crippen LogP contribution in [0.25, 0.3) is 17.1 Å². The minimum atomic E-state index is -0.355. The predicted octanol–water partition coefficient (Wildman–Crippen LogP) is 4.55. The molecule has 1 fully saturated rings. The molecule has 2 aliphatic heterocycles. The minimum Gasteiger partial charge on any atom is -0.491 e. The molecular weight excluding hydrogens is 523 g/mol. The van der Waals surface area contributed by atoms with E-state index >= 15 is 0 Å². The number of ether oxygens (including phenoxy) is 2. The number of amides is 2. The Bertz CT molecular complexity index is 1540. The van der Waals surface area contributed by atoms with E-state index in [2.05, 4.69) is 15.5 Å². The van der Waals surface area contributed by atoms with Crippen molar-refractivity contribution in [2.24, 2.45) is 0 Å². The van der Waals surface area contributed by atoms with Crippen LogP contribution < -0.4 is 15.4 Å². The van der Waals surface area contributed by atoms with Crippen molar-refractivity contribution in [1.29, 1.82) is 0 Å². The highest BCUT2D eigenvalue weighted by Gasteiger charge is 2.35. The average molecular weight is 557 g/mol. The molecule has 2 aromatic carbocycles. The number of hydrogen-bond donors (Lipinski definition) is 2. The Hall–Kier alpha value is -4.28. The van der Waals surface area contributed by atoms with Crippen LogP contribution in [0.5, 0.6) is 5.75 Å². The van der Waals surface area contributed by atoms with Gasteiger partial charge in [0.05, 0.1) is 36.3 Å². The zero-order valence-electron chi connectivity index (χ0n) is 23.1. The van der Waals surface area contributed by atoms with Crippen molar-refractivity contribution < 1.29 is 18.7 Å². The fourth-order valence-electron chi connectivity index (χ4n) is 5.65. The molecule has 212 valence electrons. The maximum Gasteiger partial charge on any atom is 0.320 e. The maximum atomic E-state index is 14.1. The highest BCUT2D eigenvalue weighted by molar-refractivity contribution is 5.91. The second-order valence-corrected chi connectivity index (χ2v) is 10.4. The molecule has 0 spiro atoms. The molecule has 0 bridgehead atoms. The highest BCUT2D eigenvalue weighted by atomic mass is 19.1. The SMILES string of the molecule is COCCN1CC(NC(=O)Nc2c(C)c(-c3ccc4c(n3)CCO4)nn2-c2ccccc2)C(c2cccc(F)c2)C1. The van der Waals surface area contributed by atoms with Gasteiger partial charge in [0.15, 0.2) is 0 Å². The first-order chi connectivity index (χ1) is 20.0. The zero-order valence-corrected chi connectivity index (χ0v) is 23.1. The lowest BCUT2D eigenvalue weighted by molar-refractivity contribution is 0.159. The van der Waals surface area contributed by atoms with Gasteiger partial charge in [-0.05, 0) is 48.9 Å². The molecule has 2 N–H and O–H groups in total. The molecule has 0 saturated carbocycles. The monoisotopic (exact) mass is 556 g/mol. The molecule has 1 saturated heterocycles. The molecule has 0 aliphatic carbocycles. The first kappa shape index (κ1) is 26.9. The van der Waals surface area contributed by atoms with Crippen LogP contribution >= 0.6 is 0 Å². The number of anilines is 1. The molecule has 2 amide bonds. The van der Waals surface area contributed by atoms with Gasteiger partial charge in [-0.1, -0.05) is 30.3 Å². The standard InChI is InChI=1S/C31H33FN6O3/c1-20-29(26-11-12-28-25(33-26)13-15-41-28)36-38(23-9-4-3-5-10-23)30(20)35-31(39)34-27-19-37(14-16-40-2)18-24(27)21-7-6-8-22(32)17-21/h3-12,17,24,27H,13-16,18-19H2,1-2H3,(H2,34,35,39). The van der Waals surface area contributed by atoms with E-state index in [9.17, 15) is 9.18 Å². The first-order valence-electron chi connectivity index (χ1n) is 13.8.